The first-order valence-electron chi connectivity index (χ1n) is 14.7. The van der Waals surface area contributed by atoms with Crippen molar-refractivity contribution in [3.8, 4) is 0 Å². The summed E-state index contributed by atoms with van der Waals surface area (Å²) in [5, 5.41) is 4.20. The molecule has 7 nitrogen and oxygen atoms in total. The minimum Gasteiger partial charge on any atom is -0.352 e. The zero-order valence-corrected chi connectivity index (χ0v) is 26.8. The van der Waals surface area contributed by atoms with Crippen LogP contribution >= 0.6 is 23.2 Å². The van der Waals surface area contributed by atoms with E-state index in [4.69, 9.17) is 23.2 Å². The Kier molecular flexibility index (Phi) is 11.9. The Bertz CT molecular complexity index is 1480. The van der Waals surface area contributed by atoms with E-state index in [2.05, 4.69) is 5.32 Å². The third-order valence-corrected chi connectivity index (χ3v) is 9.38. The second-order valence-corrected chi connectivity index (χ2v) is 13.9. The highest BCUT2D eigenvalue weighted by atomic mass is 35.5. The molecule has 3 aromatic rings. The molecule has 0 bridgehead atoms. The van der Waals surface area contributed by atoms with Crippen LogP contribution in [-0.4, -0.2) is 50.0 Å². The van der Waals surface area contributed by atoms with Crippen LogP contribution in [0.15, 0.2) is 78.9 Å². The van der Waals surface area contributed by atoms with Crippen molar-refractivity contribution in [3.05, 3.63) is 100 Å². The van der Waals surface area contributed by atoms with Gasteiger partial charge in [0.25, 0.3) is 0 Å². The number of amides is 2. The van der Waals surface area contributed by atoms with Crippen LogP contribution in [0.4, 0.5) is 5.69 Å². The number of halogens is 2. The highest BCUT2D eigenvalue weighted by Crippen LogP contribution is 2.24. The predicted octanol–water partition coefficient (Wildman–Crippen LogP) is 6.63. The van der Waals surface area contributed by atoms with Crippen LogP contribution in [0.1, 0.15) is 56.1 Å². The van der Waals surface area contributed by atoms with E-state index in [1.54, 1.807) is 41.3 Å². The number of sulfonamides is 1. The van der Waals surface area contributed by atoms with Crippen LogP contribution in [0.5, 0.6) is 0 Å². The van der Waals surface area contributed by atoms with Gasteiger partial charge >= 0.3 is 0 Å². The summed E-state index contributed by atoms with van der Waals surface area (Å²) in [6.07, 6.45) is 6.96. The fourth-order valence-corrected chi connectivity index (χ4v) is 6.92. The van der Waals surface area contributed by atoms with Crippen molar-refractivity contribution < 1.29 is 18.0 Å². The average molecular weight is 645 g/mol. The Balaban J connectivity index is 1.59. The van der Waals surface area contributed by atoms with Gasteiger partial charge in [-0.25, -0.2) is 8.42 Å². The molecule has 0 spiro atoms. The van der Waals surface area contributed by atoms with Crippen molar-refractivity contribution in [1.82, 2.24) is 10.2 Å². The van der Waals surface area contributed by atoms with Crippen LogP contribution in [0.25, 0.3) is 0 Å². The third kappa shape index (κ3) is 9.98. The van der Waals surface area contributed by atoms with Gasteiger partial charge in [-0.05, 0) is 60.7 Å². The van der Waals surface area contributed by atoms with Crippen molar-refractivity contribution in [1.29, 1.82) is 0 Å². The number of anilines is 1. The smallest absolute Gasteiger partial charge is 0.243 e. The van der Waals surface area contributed by atoms with Gasteiger partial charge in [0.15, 0.2) is 0 Å². The molecule has 1 unspecified atom stereocenters. The van der Waals surface area contributed by atoms with E-state index < -0.39 is 16.1 Å². The Morgan fingerprint density at radius 3 is 2.19 bits per heavy atom. The number of hydrogen-bond donors (Lipinski definition) is 1. The molecular weight excluding hydrogens is 605 g/mol. The number of rotatable bonds is 13. The van der Waals surface area contributed by atoms with E-state index in [-0.39, 0.29) is 43.8 Å². The molecule has 1 atom stereocenters. The normalized spacial score (nSPS) is 14.6. The highest BCUT2D eigenvalue weighted by Gasteiger charge is 2.32. The number of nitrogens with one attached hydrogen (secondary N) is 1. The molecule has 10 heteroatoms. The van der Waals surface area contributed by atoms with Crippen molar-refractivity contribution in [2.45, 2.75) is 70.0 Å². The molecule has 3 aromatic carbocycles. The molecule has 2 amide bonds. The standard InChI is InChI=1S/C33H39Cl2N3O4S/c1-43(41,42)38(30-18-9-15-28(35)23-30)20-10-19-32(39)37(24-26-13-8-14-27(34)21-26)31(22-25-11-4-2-5-12-25)33(40)36-29-16-6-3-7-17-29/h2,4-5,8-9,11-15,18,21,23,29,31H,3,6-7,10,16-17,19-20,22,24H2,1H3,(H,36,40). The van der Waals surface area contributed by atoms with Gasteiger partial charge in [-0.1, -0.05) is 91.0 Å². The Morgan fingerprint density at radius 2 is 1.53 bits per heavy atom. The van der Waals surface area contributed by atoms with Crippen molar-refractivity contribution in [3.63, 3.8) is 0 Å². The van der Waals surface area contributed by atoms with Gasteiger partial charge in [0.2, 0.25) is 21.8 Å². The van der Waals surface area contributed by atoms with E-state index in [0.717, 1.165) is 43.1 Å². The lowest BCUT2D eigenvalue weighted by molar-refractivity contribution is -0.141. The molecular formula is C33H39Cl2N3O4S. The molecule has 0 aliphatic heterocycles. The fourth-order valence-electron chi connectivity index (χ4n) is 5.57. The van der Waals surface area contributed by atoms with E-state index in [1.807, 2.05) is 42.5 Å². The highest BCUT2D eigenvalue weighted by molar-refractivity contribution is 7.92. The lowest BCUT2D eigenvalue weighted by Crippen LogP contribution is -2.52. The summed E-state index contributed by atoms with van der Waals surface area (Å²) in [6, 6.07) is 22.9. The maximum atomic E-state index is 14.0. The first-order valence-corrected chi connectivity index (χ1v) is 17.3. The zero-order valence-electron chi connectivity index (χ0n) is 24.4. The Hall–Kier alpha value is -3.07. The molecule has 1 saturated carbocycles. The lowest BCUT2D eigenvalue weighted by Gasteiger charge is -2.34. The molecule has 0 heterocycles. The first-order chi connectivity index (χ1) is 20.6. The van der Waals surface area contributed by atoms with Crippen molar-refractivity contribution in [2.75, 3.05) is 17.1 Å². The van der Waals surface area contributed by atoms with Crippen LogP contribution in [0, 0.1) is 0 Å². The molecule has 0 radical (unpaired) electrons. The summed E-state index contributed by atoms with van der Waals surface area (Å²) < 4.78 is 26.5. The number of nitrogens with zero attached hydrogens (tertiary/aromatic N) is 2. The van der Waals surface area contributed by atoms with Crippen molar-refractivity contribution in [2.24, 2.45) is 0 Å². The van der Waals surface area contributed by atoms with Crippen LogP contribution in [-0.2, 0) is 32.6 Å². The summed E-state index contributed by atoms with van der Waals surface area (Å²) in [7, 11) is -3.62. The summed E-state index contributed by atoms with van der Waals surface area (Å²) in [5.41, 5.74) is 2.19. The Morgan fingerprint density at radius 1 is 0.884 bits per heavy atom. The maximum Gasteiger partial charge on any atom is 0.243 e. The maximum absolute atomic E-state index is 14.0. The van der Waals surface area contributed by atoms with Gasteiger partial charge in [-0.15, -0.1) is 0 Å². The Labute approximate surface area is 265 Å². The second-order valence-electron chi connectivity index (χ2n) is 11.1. The monoisotopic (exact) mass is 643 g/mol. The van der Waals surface area contributed by atoms with E-state index in [1.165, 1.54) is 10.7 Å². The van der Waals surface area contributed by atoms with Crippen LogP contribution < -0.4 is 9.62 Å². The molecule has 1 N–H and O–H groups in total. The van der Waals surface area contributed by atoms with Gasteiger partial charge < -0.3 is 10.2 Å². The van der Waals surface area contributed by atoms with Gasteiger partial charge in [0.1, 0.15) is 6.04 Å². The number of benzene rings is 3. The van der Waals surface area contributed by atoms with Crippen molar-refractivity contribution >= 4 is 50.7 Å². The SMILES string of the molecule is CS(=O)(=O)N(CCCC(=O)N(Cc1cccc(Cl)c1)C(Cc1ccccc1)C(=O)NC1CCCCC1)c1cccc(Cl)c1. The number of carbonyl (C=O) groups is 2. The van der Waals surface area contributed by atoms with Crippen LogP contribution in [0.2, 0.25) is 10.0 Å². The topological polar surface area (TPSA) is 86.8 Å². The molecule has 0 aromatic heterocycles. The molecule has 43 heavy (non-hydrogen) atoms. The minimum absolute atomic E-state index is 0.0507. The first kappa shape index (κ1) is 32.8. The minimum atomic E-state index is -3.62. The molecule has 1 fully saturated rings. The number of carbonyl (C=O) groups excluding carboxylic acids is 2. The molecule has 1 aliphatic carbocycles. The summed E-state index contributed by atoms with van der Waals surface area (Å²) in [5.74, 6) is -0.415. The van der Waals surface area contributed by atoms with Gasteiger partial charge in [-0.3, -0.25) is 13.9 Å². The lowest BCUT2D eigenvalue weighted by atomic mass is 9.94. The second kappa shape index (κ2) is 15.6. The molecule has 4 rings (SSSR count). The zero-order chi connectivity index (χ0) is 30.8. The molecule has 230 valence electrons. The third-order valence-electron chi connectivity index (χ3n) is 7.71. The van der Waals surface area contributed by atoms with Gasteiger partial charge in [0.05, 0.1) is 11.9 Å². The van der Waals surface area contributed by atoms with E-state index in [9.17, 15) is 18.0 Å². The summed E-state index contributed by atoms with van der Waals surface area (Å²) in [4.78, 5) is 29.6. The molecule has 1 aliphatic rings. The largest absolute Gasteiger partial charge is 0.352 e. The van der Waals surface area contributed by atoms with Gasteiger partial charge in [-0.2, -0.15) is 0 Å². The fraction of sp³-hybridized carbons (Fsp3) is 0.394. The predicted molar refractivity (Wildman–Crippen MR) is 174 cm³/mol. The van der Waals surface area contributed by atoms with Gasteiger partial charge in [0, 0.05) is 42.0 Å². The average Bonchev–Trinajstić information content (AvgIpc) is 2.97. The summed E-state index contributed by atoms with van der Waals surface area (Å²) in [6.45, 7) is 0.284. The summed E-state index contributed by atoms with van der Waals surface area (Å²) >= 11 is 12.4. The van der Waals surface area contributed by atoms with Crippen LogP contribution in [0.3, 0.4) is 0 Å². The van der Waals surface area contributed by atoms with E-state index >= 15 is 0 Å². The molecule has 0 saturated heterocycles. The number of hydrogen-bond acceptors (Lipinski definition) is 4. The van der Waals surface area contributed by atoms with E-state index in [0.29, 0.717) is 22.2 Å². The quantitative estimate of drug-likeness (QED) is 0.227.